The first-order valence-corrected chi connectivity index (χ1v) is 7.54. The normalized spacial score (nSPS) is 23.7. The largest absolute Gasteiger partial charge is 0.280 e. The molecule has 4 nitrogen and oxygen atoms in total. The van der Waals surface area contributed by atoms with Crippen molar-refractivity contribution in [1.82, 2.24) is 9.03 Å². The molecule has 1 aromatic rings. The van der Waals surface area contributed by atoms with Crippen LogP contribution in [0, 0.1) is 0 Å². The van der Waals surface area contributed by atoms with Crippen LogP contribution >= 0.6 is 0 Å². The molecule has 0 amide bonds. The summed E-state index contributed by atoms with van der Waals surface area (Å²) in [6, 6.07) is 9.51. The molecule has 1 aliphatic heterocycles. The second kappa shape index (κ2) is 5.65. The Morgan fingerprint density at radius 3 is 2.78 bits per heavy atom. The topological polar surface area (TPSA) is 49.4 Å². The highest BCUT2D eigenvalue weighted by Gasteiger charge is 2.33. The van der Waals surface area contributed by atoms with Crippen LogP contribution in [0.3, 0.4) is 0 Å². The van der Waals surface area contributed by atoms with Gasteiger partial charge in [0, 0.05) is 13.1 Å². The molecule has 0 bridgehead atoms. The minimum Gasteiger partial charge on any atom is -0.195 e. The molecule has 1 aliphatic rings. The number of nitrogens with zero attached hydrogens (tertiary/aromatic N) is 1. The Morgan fingerprint density at radius 1 is 1.39 bits per heavy atom. The first-order chi connectivity index (χ1) is 8.62. The second-order valence-corrected chi connectivity index (χ2v) is 6.05. The van der Waals surface area contributed by atoms with E-state index in [-0.39, 0.29) is 6.04 Å². The van der Waals surface area contributed by atoms with Crippen LogP contribution in [0.5, 0.6) is 0 Å². The van der Waals surface area contributed by atoms with Gasteiger partial charge in [-0.15, -0.1) is 0 Å². The summed E-state index contributed by atoms with van der Waals surface area (Å²) in [6.45, 7) is 2.95. The van der Waals surface area contributed by atoms with Gasteiger partial charge in [0.2, 0.25) is 0 Å². The molecule has 1 saturated heterocycles. The summed E-state index contributed by atoms with van der Waals surface area (Å²) in [7, 11) is -3.33. The van der Waals surface area contributed by atoms with Gasteiger partial charge in [0.15, 0.2) is 0 Å². The van der Waals surface area contributed by atoms with Crippen LogP contribution in [-0.2, 0) is 16.8 Å². The molecular weight excluding hydrogens is 248 g/mol. The first kappa shape index (κ1) is 13.3. The van der Waals surface area contributed by atoms with Gasteiger partial charge in [0.05, 0.1) is 6.04 Å². The van der Waals surface area contributed by atoms with Gasteiger partial charge >= 0.3 is 0 Å². The van der Waals surface area contributed by atoms with Crippen molar-refractivity contribution in [3.8, 4) is 0 Å². The summed E-state index contributed by atoms with van der Waals surface area (Å²) < 4.78 is 28.0. The monoisotopic (exact) mass is 266 g/mol. The molecule has 0 spiro atoms. The zero-order valence-electron chi connectivity index (χ0n) is 10.4. The van der Waals surface area contributed by atoms with E-state index in [1.807, 2.05) is 49.4 Å². The Kier molecular flexibility index (Phi) is 4.16. The molecule has 2 rings (SSSR count). The van der Waals surface area contributed by atoms with Crippen LogP contribution in [0.25, 0.3) is 0 Å². The molecule has 1 N–H and O–H groups in total. The lowest BCUT2D eigenvalue weighted by molar-refractivity contribution is 0.435. The Labute approximate surface area is 108 Å². The van der Waals surface area contributed by atoms with E-state index in [9.17, 15) is 8.42 Å². The average molecular weight is 266 g/mol. The highest BCUT2D eigenvalue weighted by Crippen LogP contribution is 2.15. The minimum absolute atomic E-state index is 0.112. The van der Waals surface area contributed by atoms with Crippen LogP contribution in [0.2, 0.25) is 0 Å². The number of benzene rings is 1. The van der Waals surface area contributed by atoms with Crippen molar-refractivity contribution in [2.24, 2.45) is 0 Å². The lowest BCUT2D eigenvalue weighted by Crippen LogP contribution is -2.29. The van der Waals surface area contributed by atoms with Gasteiger partial charge in [-0.3, -0.25) is 0 Å². The molecule has 18 heavy (non-hydrogen) atoms. The SMILES string of the molecule is CCC=CC1CN(Cc2ccccc2)S(=O)(=O)N1. The van der Waals surface area contributed by atoms with Gasteiger partial charge in [-0.25, -0.2) is 0 Å². The molecule has 1 aromatic carbocycles. The summed E-state index contributed by atoms with van der Waals surface area (Å²) in [5.74, 6) is 0. The first-order valence-electron chi connectivity index (χ1n) is 6.10. The summed E-state index contributed by atoms with van der Waals surface area (Å²) >= 11 is 0. The van der Waals surface area contributed by atoms with E-state index < -0.39 is 10.2 Å². The fourth-order valence-electron chi connectivity index (χ4n) is 1.96. The third-order valence-corrected chi connectivity index (χ3v) is 4.41. The fourth-order valence-corrected chi connectivity index (χ4v) is 3.32. The minimum atomic E-state index is -3.33. The van der Waals surface area contributed by atoms with Crippen molar-refractivity contribution in [2.45, 2.75) is 25.9 Å². The Hall–Kier alpha value is -1.17. The Morgan fingerprint density at radius 2 is 2.11 bits per heavy atom. The van der Waals surface area contributed by atoms with Crippen molar-refractivity contribution < 1.29 is 8.42 Å². The zero-order valence-corrected chi connectivity index (χ0v) is 11.2. The maximum absolute atomic E-state index is 11.9. The molecule has 0 aromatic heterocycles. The number of hydrogen-bond acceptors (Lipinski definition) is 2. The molecule has 0 aliphatic carbocycles. The number of allylic oxidation sites excluding steroid dienone is 1. The average Bonchev–Trinajstić information content (AvgIpc) is 2.63. The molecule has 1 atom stereocenters. The summed E-state index contributed by atoms with van der Waals surface area (Å²) in [6.07, 6.45) is 4.82. The van der Waals surface area contributed by atoms with E-state index in [1.165, 1.54) is 4.31 Å². The van der Waals surface area contributed by atoms with E-state index in [1.54, 1.807) is 0 Å². The van der Waals surface area contributed by atoms with Gasteiger partial charge in [-0.05, 0) is 12.0 Å². The third-order valence-electron chi connectivity index (χ3n) is 2.85. The maximum Gasteiger partial charge on any atom is 0.280 e. The summed E-state index contributed by atoms with van der Waals surface area (Å²) in [4.78, 5) is 0. The van der Waals surface area contributed by atoms with E-state index in [2.05, 4.69) is 4.72 Å². The van der Waals surface area contributed by atoms with Crippen LogP contribution in [0.4, 0.5) is 0 Å². The van der Waals surface area contributed by atoms with Crippen LogP contribution in [0.15, 0.2) is 42.5 Å². The predicted octanol–water partition coefficient (Wildman–Crippen LogP) is 1.67. The molecule has 0 radical (unpaired) electrons. The van der Waals surface area contributed by atoms with E-state index >= 15 is 0 Å². The number of rotatable bonds is 4. The predicted molar refractivity (Wildman–Crippen MR) is 72.1 cm³/mol. The number of hydrogen-bond donors (Lipinski definition) is 1. The van der Waals surface area contributed by atoms with Crippen LogP contribution in [-0.4, -0.2) is 25.3 Å². The van der Waals surface area contributed by atoms with Crippen molar-refractivity contribution in [3.63, 3.8) is 0 Å². The highest BCUT2D eigenvalue weighted by molar-refractivity contribution is 7.87. The summed E-state index contributed by atoms with van der Waals surface area (Å²) in [5.41, 5.74) is 1.00. The third kappa shape index (κ3) is 3.19. The maximum atomic E-state index is 11.9. The van der Waals surface area contributed by atoms with Crippen LogP contribution in [0.1, 0.15) is 18.9 Å². The number of nitrogens with one attached hydrogen (secondary N) is 1. The van der Waals surface area contributed by atoms with Crippen molar-refractivity contribution in [3.05, 3.63) is 48.0 Å². The van der Waals surface area contributed by atoms with Gasteiger partial charge in [-0.1, -0.05) is 49.4 Å². The Bertz CT molecular complexity index is 511. The lowest BCUT2D eigenvalue weighted by atomic mass is 10.2. The fraction of sp³-hybridized carbons (Fsp3) is 0.385. The quantitative estimate of drug-likeness (QED) is 0.843. The molecule has 1 unspecified atom stereocenters. The standard InChI is InChI=1S/C13H18N2O2S/c1-2-3-9-13-11-15(18(16,17)14-13)10-12-7-5-4-6-8-12/h3-9,13-14H,2,10-11H2,1H3. The second-order valence-electron chi connectivity index (χ2n) is 4.34. The van der Waals surface area contributed by atoms with Gasteiger partial charge in [0.1, 0.15) is 0 Å². The molecule has 0 saturated carbocycles. The van der Waals surface area contributed by atoms with Crippen molar-refractivity contribution >= 4 is 10.2 Å². The van der Waals surface area contributed by atoms with E-state index in [4.69, 9.17) is 0 Å². The van der Waals surface area contributed by atoms with E-state index in [0.29, 0.717) is 13.1 Å². The summed E-state index contributed by atoms with van der Waals surface area (Å²) in [5, 5.41) is 0. The van der Waals surface area contributed by atoms with Crippen molar-refractivity contribution in [1.29, 1.82) is 0 Å². The van der Waals surface area contributed by atoms with Gasteiger partial charge in [0.25, 0.3) is 10.2 Å². The van der Waals surface area contributed by atoms with Crippen LogP contribution < -0.4 is 4.72 Å². The molecule has 1 heterocycles. The molecular formula is C13H18N2O2S. The van der Waals surface area contributed by atoms with Gasteiger partial charge < -0.3 is 0 Å². The van der Waals surface area contributed by atoms with Gasteiger partial charge in [-0.2, -0.15) is 17.4 Å². The van der Waals surface area contributed by atoms with E-state index in [0.717, 1.165) is 12.0 Å². The highest BCUT2D eigenvalue weighted by atomic mass is 32.2. The zero-order chi connectivity index (χ0) is 13.0. The lowest BCUT2D eigenvalue weighted by Gasteiger charge is -2.12. The van der Waals surface area contributed by atoms with Crippen molar-refractivity contribution in [2.75, 3.05) is 6.54 Å². The smallest absolute Gasteiger partial charge is 0.195 e. The molecule has 98 valence electrons. The molecule has 1 fully saturated rings. The molecule has 5 heteroatoms. The Balaban J connectivity index is 2.07.